The van der Waals surface area contributed by atoms with Crippen LogP contribution in [0.15, 0.2) is 114 Å². The predicted molar refractivity (Wildman–Crippen MR) is 163 cm³/mol. The van der Waals surface area contributed by atoms with Gasteiger partial charge in [-0.1, -0.05) is 73.7 Å². The minimum absolute atomic E-state index is 0. The average molecular weight is 714 g/mol. The molecule has 41 heavy (non-hydrogen) atoms. The molecular formula is C36H29IrN3O-2. The normalized spacial score (nSPS) is 12.3. The van der Waals surface area contributed by atoms with E-state index < -0.39 is 11.8 Å². The van der Waals surface area contributed by atoms with Crippen LogP contribution in [-0.4, -0.2) is 15.0 Å². The Morgan fingerprint density at radius 3 is 2.32 bits per heavy atom. The molecule has 0 saturated carbocycles. The maximum absolute atomic E-state index is 8.62. The molecule has 7 rings (SSSR count). The maximum Gasteiger partial charge on any atom is 0.147 e. The number of benzene rings is 3. The van der Waals surface area contributed by atoms with Gasteiger partial charge >= 0.3 is 0 Å². The zero-order valence-electron chi connectivity index (χ0n) is 25.0. The van der Waals surface area contributed by atoms with Crippen LogP contribution in [-0.2, 0) is 26.5 Å². The van der Waals surface area contributed by atoms with Crippen LogP contribution in [0.1, 0.15) is 29.1 Å². The number of furan rings is 1. The minimum atomic E-state index is -1.51. The van der Waals surface area contributed by atoms with Crippen LogP contribution in [0.25, 0.3) is 55.4 Å². The topological polar surface area (TPSA) is 51.8 Å². The largest absolute Gasteiger partial charge is 0.498 e. The SMILES string of the molecule is [2H]C([2H])(c1ccnc(-c2[c-]ccc3c2oc2c3ccc3cccnc32)c1)C(C)(C)C.[Ir].[c-]1ccccc1-c1ccccn1. The van der Waals surface area contributed by atoms with E-state index in [4.69, 9.17) is 7.16 Å². The summed E-state index contributed by atoms with van der Waals surface area (Å²) in [5, 5.41) is 2.98. The number of fused-ring (bicyclic) bond motifs is 5. The van der Waals surface area contributed by atoms with Crippen LogP contribution < -0.4 is 0 Å². The second-order valence-corrected chi connectivity index (χ2v) is 10.5. The molecule has 4 aromatic heterocycles. The molecule has 0 aliphatic carbocycles. The van der Waals surface area contributed by atoms with Crippen molar-refractivity contribution in [1.29, 1.82) is 0 Å². The first-order chi connectivity index (χ1) is 20.2. The number of hydrogen-bond donors (Lipinski definition) is 0. The monoisotopic (exact) mass is 714 g/mol. The van der Waals surface area contributed by atoms with Crippen molar-refractivity contribution in [1.82, 2.24) is 15.0 Å². The molecule has 0 atom stereocenters. The van der Waals surface area contributed by atoms with E-state index in [9.17, 15) is 0 Å². The van der Waals surface area contributed by atoms with Crippen LogP contribution in [0.4, 0.5) is 0 Å². The molecule has 0 amide bonds. The third kappa shape index (κ3) is 6.27. The van der Waals surface area contributed by atoms with E-state index >= 15 is 0 Å². The Bertz CT molecular complexity index is 1970. The number of aromatic nitrogens is 3. The van der Waals surface area contributed by atoms with Gasteiger partial charge in [0.05, 0.1) is 5.58 Å². The zero-order valence-corrected chi connectivity index (χ0v) is 25.4. The number of hydrogen-bond acceptors (Lipinski definition) is 4. The second kappa shape index (κ2) is 12.1. The summed E-state index contributed by atoms with van der Waals surface area (Å²) in [6.07, 6.45) is 3.70. The van der Waals surface area contributed by atoms with Gasteiger partial charge in [-0.25, -0.2) is 0 Å². The molecule has 0 unspecified atom stereocenters. The molecule has 0 saturated heterocycles. The average Bonchev–Trinajstić information content (AvgIpc) is 3.41. The molecule has 4 nitrogen and oxygen atoms in total. The first-order valence-corrected chi connectivity index (χ1v) is 13.2. The Balaban J connectivity index is 0.000000238. The number of rotatable bonds is 3. The van der Waals surface area contributed by atoms with Gasteiger partial charge in [0.1, 0.15) is 11.1 Å². The van der Waals surface area contributed by atoms with Crippen LogP contribution in [0.2, 0.25) is 0 Å². The molecule has 3 aromatic carbocycles. The fourth-order valence-corrected chi connectivity index (χ4v) is 4.68. The fraction of sp³-hybridized carbons (Fsp3) is 0.139. The van der Waals surface area contributed by atoms with Crippen molar-refractivity contribution in [3.05, 3.63) is 127 Å². The predicted octanol–water partition coefficient (Wildman–Crippen LogP) is 9.13. The Labute approximate surface area is 256 Å². The maximum atomic E-state index is 8.62. The number of pyridine rings is 3. The third-order valence-corrected chi connectivity index (χ3v) is 6.36. The molecular weight excluding hydrogens is 683 g/mol. The van der Waals surface area contributed by atoms with Crippen molar-refractivity contribution in [3.63, 3.8) is 0 Å². The van der Waals surface area contributed by atoms with E-state index in [0.717, 1.165) is 44.1 Å². The van der Waals surface area contributed by atoms with Crippen LogP contribution in [0.5, 0.6) is 0 Å². The van der Waals surface area contributed by atoms with Gasteiger partial charge in [-0.3, -0.25) is 4.98 Å². The van der Waals surface area contributed by atoms with Gasteiger partial charge in [-0.15, -0.1) is 54.1 Å². The Hall–Kier alpha value is -4.18. The van der Waals surface area contributed by atoms with Gasteiger partial charge in [-0.2, -0.15) is 0 Å². The standard InChI is InChI=1S/C25H21N2O.C11H8N.Ir/c1-25(2,3)15-16-11-13-26-21(14-16)20-8-4-7-18-19-10-9-17-6-5-12-27-22(17)24(19)28-23(18)20;1-2-6-10(7-3-1)11-8-4-5-9-12-11;/h4-7,9-14H,15H2,1-3H3;1-6,8-9H;/q2*-1;/i15D2;;. The summed E-state index contributed by atoms with van der Waals surface area (Å²) in [6.45, 7) is 5.70. The van der Waals surface area contributed by atoms with Gasteiger partial charge < -0.3 is 14.4 Å². The first-order valence-electron chi connectivity index (χ1n) is 14.2. The quantitative estimate of drug-likeness (QED) is 0.172. The molecule has 0 aliphatic rings. The zero-order chi connectivity index (χ0) is 29.3. The molecule has 4 heterocycles. The summed E-state index contributed by atoms with van der Waals surface area (Å²) < 4.78 is 23.5. The van der Waals surface area contributed by atoms with Crippen molar-refractivity contribution in [3.8, 4) is 22.5 Å². The summed E-state index contributed by atoms with van der Waals surface area (Å²) in [4.78, 5) is 13.2. The van der Waals surface area contributed by atoms with E-state index in [2.05, 4.69) is 33.2 Å². The first kappa shape index (κ1) is 25.8. The molecule has 1 radical (unpaired) electrons. The molecule has 0 bridgehead atoms. The van der Waals surface area contributed by atoms with Gasteiger partial charge in [-0.05, 0) is 41.4 Å². The van der Waals surface area contributed by atoms with Crippen LogP contribution in [0, 0.1) is 17.5 Å². The Morgan fingerprint density at radius 2 is 1.54 bits per heavy atom. The molecule has 5 heteroatoms. The Morgan fingerprint density at radius 1 is 0.732 bits per heavy atom. The van der Waals surface area contributed by atoms with Crippen molar-refractivity contribution in [2.45, 2.75) is 27.1 Å². The molecule has 205 valence electrons. The van der Waals surface area contributed by atoms with Crippen molar-refractivity contribution in [2.24, 2.45) is 5.41 Å². The summed E-state index contributed by atoms with van der Waals surface area (Å²) in [7, 11) is 0. The van der Waals surface area contributed by atoms with Gasteiger partial charge in [0.25, 0.3) is 0 Å². The fourth-order valence-electron chi connectivity index (χ4n) is 4.68. The third-order valence-electron chi connectivity index (χ3n) is 6.36. The van der Waals surface area contributed by atoms with E-state index in [1.165, 1.54) is 0 Å². The van der Waals surface area contributed by atoms with Crippen LogP contribution in [0.3, 0.4) is 0 Å². The van der Waals surface area contributed by atoms with E-state index in [0.29, 0.717) is 16.8 Å². The second-order valence-electron chi connectivity index (χ2n) is 10.5. The van der Waals surface area contributed by atoms with E-state index in [1.807, 2.05) is 93.6 Å². The van der Waals surface area contributed by atoms with Crippen molar-refractivity contribution < 1.29 is 27.3 Å². The van der Waals surface area contributed by atoms with Gasteiger partial charge in [0, 0.05) is 52.2 Å². The van der Waals surface area contributed by atoms with Gasteiger partial charge in [0.15, 0.2) is 0 Å². The molecule has 0 N–H and O–H groups in total. The van der Waals surface area contributed by atoms with E-state index in [-0.39, 0.29) is 20.1 Å². The smallest absolute Gasteiger partial charge is 0.147 e. The Kier molecular flexibility index (Phi) is 7.63. The summed E-state index contributed by atoms with van der Waals surface area (Å²) in [5.74, 6) is 0. The van der Waals surface area contributed by atoms with Crippen molar-refractivity contribution >= 4 is 32.8 Å². The summed E-state index contributed by atoms with van der Waals surface area (Å²) in [6, 6.07) is 35.5. The molecule has 0 aliphatic heterocycles. The van der Waals surface area contributed by atoms with Gasteiger partial charge in [0.2, 0.25) is 0 Å². The van der Waals surface area contributed by atoms with E-state index in [1.54, 1.807) is 30.7 Å². The minimum Gasteiger partial charge on any atom is -0.498 e. The van der Waals surface area contributed by atoms with Crippen LogP contribution >= 0.6 is 0 Å². The molecule has 0 fully saturated rings. The summed E-state index contributed by atoms with van der Waals surface area (Å²) >= 11 is 0. The van der Waals surface area contributed by atoms with Crippen molar-refractivity contribution in [2.75, 3.05) is 0 Å². The number of nitrogens with zero attached hydrogens (tertiary/aromatic N) is 3. The molecule has 7 aromatic rings. The molecule has 0 spiro atoms. The summed E-state index contributed by atoms with van der Waals surface area (Å²) in [5.41, 5.74) is 5.66.